The van der Waals surface area contributed by atoms with Crippen molar-refractivity contribution in [3.63, 3.8) is 0 Å². The zero-order chi connectivity index (χ0) is 33.1. The average molecular weight is 621 g/mol. The van der Waals surface area contributed by atoms with E-state index < -0.39 is 29.6 Å². The summed E-state index contributed by atoms with van der Waals surface area (Å²) in [5.74, 6) is -0.545. The Labute approximate surface area is 265 Å². The number of hydrogen-bond acceptors (Lipinski definition) is 7. The Morgan fingerprint density at radius 1 is 1.05 bits per heavy atom. The van der Waals surface area contributed by atoms with Crippen LogP contribution in [-0.4, -0.2) is 96.5 Å². The van der Waals surface area contributed by atoms with E-state index in [0.29, 0.717) is 6.54 Å². The molecule has 10 heteroatoms. The van der Waals surface area contributed by atoms with Crippen molar-refractivity contribution in [2.45, 2.75) is 135 Å². The fourth-order valence-electron chi connectivity index (χ4n) is 7.65. The summed E-state index contributed by atoms with van der Waals surface area (Å²) in [5, 5.41) is 3.27. The van der Waals surface area contributed by atoms with Crippen molar-refractivity contribution >= 4 is 23.5 Å². The number of ketones is 1. The third-order valence-corrected chi connectivity index (χ3v) is 10.9. The van der Waals surface area contributed by atoms with Crippen molar-refractivity contribution < 1.29 is 28.7 Å². The molecule has 1 aliphatic heterocycles. The molecule has 3 N–H and O–H groups in total. The van der Waals surface area contributed by atoms with Gasteiger partial charge in [0, 0.05) is 45.7 Å². The van der Waals surface area contributed by atoms with E-state index in [9.17, 15) is 19.2 Å². The summed E-state index contributed by atoms with van der Waals surface area (Å²) in [7, 11) is 4.97. The Morgan fingerprint density at radius 2 is 1.66 bits per heavy atom. The van der Waals surface area contributed by atoms with Gasteiger partial charge in [0.1, 0.15) is 0 Å². The number of nitrogens with two attached hydrogens (primary N) is 1. The maximum atomic E-state index is 14.0. The van der Waals surface area contributed by atoms with Crippen molar-refractivity contribution in [3.8, 4) is 0 Å². The van der Waals surface area contributed by atoms with Crippen LogP contribution in [0.2, 0.25) is 0 Å². The largest absolute Gasteiger partial charge is 0.379 e. The van der Waals surface area contributed by atoms with Crippen LogP contribution in [0.4, 0.5) is 0 Å². The van der Waals surface area contributed by atoms with Crippen molar-refractivity contribution in [2.75, 3.05) is 27.8 Å². The third-order valence-electron chi connectivity index (χ3n) is 10.9. The highest BCUT2D eigenvalue weighted by molar-refractivity contribution is 5.92. The number of carbonyl (C=O) groups excluding carboxylic acids is 4. The van der Waals surface area contributed by atoms with E-state index in [1.54, 1.807) is 40.0 Å². The Bertz CT molecular complexity index is 1020. The number of likely N-dealkylation sites (tertiary alicyclic amines) is 1. The summed E-state index contributed by atoms with van der Waals surface area (Å²) in [6.07, 6.45) is 4.80. The maximum Gasteiger partial charge on any atom is 0.226 e. The zero-order valence-electron chi connectivity index (χ0n) is 29.0. The minimum absolute atomic E-state index is 0.00255. The van der Waals surface area contributed by atoms with Crippen LogP contribution in [-0.2, 0) is 28.7 Å². The highest BCUT2D eigenvalue weighted by atomic mass is 16.5. The molecule has 2 bridgehead atoms. The van der Waals surface area contributed by atoms with Crippen LogP contribution in [0, 0.1) is 29.6 Å². The monoisotopic (exact) mass is 620 g/mol. The number of hydrogen-bond donors (Lipinski definition) is 2. The Hall–Kier alpha value is -2.04. The Kier molecular flexibility index (Phi) is 12.1. The summed E-state index contributed by atoms with van der Waals surface area (Å²) in [6.45, 7) is 13.8. The van der Waals surface area contributed by atoms with Crippen molar-refractivity contribution in [2.24, 2.45) is 35.3 Å². The van der Waals surface area contributed by atoms with Crippen LogP contribution >= 0.6 is 0 Å². The Balaban J connectivity index is 1.75. The maximum absolute atomic E-state index is 14.0. The SMILES string of the molecule is CCC(C)C(C(CC(=O)N1CCCC1C(OC)C(C)C(=O)NC12CC(C1)C2)OC)N(C)C(=O)C(CC(=O)C(C)(C)N)C(C)C. The first-order valence-corrected chi connectivity index (χ1v) is 16.8. The summed E-state index contributed by atoms with van der Waals surface area (Å²) in [5.41, 5.74) is 5.03. The molecule has 0 spiro atoms. The molecule has 0 aromatic rings. The lowest BCUT2D eigenvalue weighted by Gasteiger charge is -2.62. The fraction of sp³-hybridized carbons (Fsp3) is 0.882. The van der Waals surface area contributed by atoms with Crippen molar-refractivity contribution in [1.29, 1.82) is 0 Å². The lowest BCUT2D eigenvalue weighted by atomic mass is 9.50. The number of amides is 3. The van der Waals surface area contributed by atoms with E-state index in [1.807, 2.05) is 25.7 Å². The van der Waals surface area contributed by atoms with Gasteiger partial charge in [-0.05, 0) is 63.7 Å². The number of methoxy groups -OCH3 is 2. The van der Waals surface area contributed by atoms with Gasteiger partial charge < -0.3 is 30.3 Å². The predicted octanol–water partition coefficient (Wildman–Crippen LogP) is 3.54. The molecule has 4 aliphatic rings. The molecule has 4 rings (SSSR count). The number of nitrogens with zero attached hydrogens (tertiary/aromatic N) is 2. The molecule has 0 aromatic carbocycles. The number of Topliss-reactive ketones (excluding diaryl/α,β-unsaturated/α-hetero) is 1. The molecule has 10 nitrogen and oxygen atoms in total. The molecule has 0 radical (unpaired) electrons. The highest BCUT2D eigenvalue weighted by Gasteiger charge is 2.58. The van der Waals surface area contributed by atoms with E-state index in [2.05, 4.69) is 19.2 Å². The van der Waals surface area contributed by atoms with Gasteiger partial charge in [0.05, 0.1) is 42.2 Å². The first-order chi connectivity index (χ1) is 20.5. The summed E-state index contributed by atoms with van der Waals surface area (Å²) < 4.78 is 11.9. The van der Waals surface area contributed by atoms with Gasteiger partial charge in [-0.2, -0.15) is 0 Å². The first kappa shape index (κ1) is 36.4. The molecular formula is C34H60N4O6. The van der Waals surface area contributed by atoms with Crippen LogP contribution in [0.5, 0.6) is 0 Å². The normalized spacial score (nSPS) is 27.0. The van der Waals surface area contributed by atoms with Crippen LogP contribution in [0.3, 0.4) is 0 Å². The third kappa shape index (κ3) is 7.84. The molecule has 3 saturated carbocycles. The van der Waals surface area contributed by atoms with E-state index in [1.165, 1.54) is 0 Å². The molecule has 3 aliphatic carbocycles. The topological polar surface area (TPSA) is 131 Å². The lowest BCUT2D eigenvalue weighted by Crippen LogP contribution is -2.69. The molecule has 7 unspecified atom stereocenters. The molecule has 3 amide bonds. The highest BCUT2D eigenvalue weighted by Crippen LogP contribution is 2.57. The van der Waals surface area contributed by atoms with E-state index in [0.717, 1.165) is 44.4 Å². The number of ether oxygens (including phenoxy) is 2. The molecule has 1 saturated heterocycles. The van der Waals surface area contributed by atoms with Gasteiger partial charge in [0.25, 0.3) is 0 Å². The molecule has 0 aromatic heterocycles. The van der Waals surface area contributed by atoms with Gasteiger partial charge in [0.15, 0.2) is 5.78 Å². The molecule has 1 heterocycles. The minimum Gasteiger partial charge on any atom is -0.379 e. The summed E-state index contributed by atoms with van der Waals surface area (Å²) in [6, 6.07) is -0.586. The molecule has 4 fully saturated rings. The van der Waals surface area contributed by atoms with Gasteiger partial charge in [-0.25, -0.2) is 0 Å². The van der Waals surface area contributed by atoms with E-state index in [-0.39, 0.29) is 65.8 Å². The fourth-order valence-corrected chi connectivity index (χ4v) is 7.65. The van der Waals surface area contributed by atoms with Gasteiger partial charge in [-0.15, -0.1) is 0 Å². The Morgan fingerprint density at radius 3 is 2.11 bits per heavy atom. The average Bonchev–Trinajstić information content (AvgIpc) is 3.40. The van der Waals surface area contributed by atoms with E-state index >= 15 is 0 Å². The van der Waals surface area contributed by atoms with Crippen LogP contribution in [0.1, 0.15) is 99.8 Å². The van der Waals surface area contributed by atoms with Crippen molar-refractivity contribution in [3.05, 3.63) is 0 Å². The first-order valence-electron chi connectivity index (χ1n) is 16.8. The zero-order valence-corrected chi connectivity index (χ0v) is 29.0. The van der Waals surface area contributed by atoms with Gasteiger partial charge in [0.2, 0.25) is 17.7 Å². The second-order valence-corrected chi connectivity index (χ2v) is 15.0. The summed E-state index contributed by atoms with van der Waals surface area (Å²) >= 11 is 0. The number of nitrogens with one attached hydrogen (secondary N) is 1. The molecular weight excluding hydrogens is 560 g/mol. The number of carbonyl (C=O) groups is 4. The smallest absolute Gasteiger partial charge is 0.226 e. The van der Waals surface area contributed by atoms with Crippen LogP contribution < -0.4 is 11.1 Å². The van der Waals surface area contributed by atoms with Crippen LogP contribution in [0.15, 0.2) is 0 Å². The molecule has 44 heavy (non-hydrogen) atoms. The van der Waals surface area contributed by atoms with Gasteiger partial charge in [-0.3, -0.25) is 19.2 Å². The number of rotatable bonds is 17. The lowest BCUT2D eigenvalue weighted by molar-refractivity contribution is -0.150. The second kappa shape index (κ2) is 14.6. The van der Waals surface area contributed by atoms with Crippen LogP contribution in [0.25, 0.3) is 0 Å². The second-order valence-electron chi connectivity index (χ2n) is 15.0. The number of likely N-dealkylation sites (N-methyl/N-ethyl adjacent to an activating group) is 1. The van der Waals surface area contributed by atoms with Gasteiger partial charge in [-0.1, -0.05) is 41.0 Å². The van der Waals surface area contributed by atoms with Gasteiger partial charge >= 0.3 is 0 Å². The van der Waals surface area contributed by atoms with E-state index in [4.69, 9.17) is 15.2 Å². The molecule has 252 valence electrons. The predicted molar refractivity (Wildman–Crippen MR) is 171 cm³/mol. The summed E-state index contributed by atoms with van der Waals surface area (Å²) in [4.78, 5) is 57.5. The molecule has 7 atom stereocenters. The minimum atomic E-state index is -1.02. The van der Waals surface area contributed by atoms with Crippen molar-refractivity contribution in [1.82, 2.24) is 15.1 Å². The quantitative estimate of drug-likeness (QED) is 0.254. The standard InChI is InChI=1S/C34H60N4O6/c1-11-21(4)29(37(8)32(42)24(20(2)3)15-27(39)33(6,7)35)26(43-9)16-28(40)38-14-12-13-25(38)30(44-10)22(5)31(41)36-34-17-23(18-34)19-34/h20-26,29-30H,11-19,35H2,1-10H3,(H,36,41).